The van der Waals surface area contributed by atoms with E-state index in [-0.39, 0.29) is 23.3 Å². The zero-order valence-electron chi connectivity index (χ0n) is 15.4. The molecule has 4 nitrogen and oxygen atoms in total. The van der Waals surface area contributed by atoms with Crippen molar-refractivity contribution in [3.63, 3.8) is 0 Å². The molecule has 0 fully saturated rings. The standard InChI is InChI=1S/C21H26N2O2/c1-12(2)16-7-6-13(3)8-17(16)21-19(24)9-15(10-20(21)25)18-11-22-23(5)14(18)4/h8-11,16-17,24-25H,1,6-7H2,2-5H3/t16-,17+/m0/s1. The Morgan fingerprint density at radius 3 is 2.40 bits per heavy atom. The SMILES string of the molecule is C=C(C)[C@@H]1CCC(C)=C[C@H]1c1c(O)cc(-c2cnn(C)c2C)cc1O. The van der Waals surface area contributed by atoms with Crippen LogP contribution in [0, 0.1) is 12.8 Å². The number of hydrogen-bond acceptors (Lipinski definition) is 3. The van der Waals surface area contributed by atoms with Gasteiger partial charge < -0.3 is 10.2 Å². The number of aromatic hydroxyl groups is 2. The zero-order valence-corrected chi connectivity index (χ0v) is 15.4. The number of aryl methyl sites for hydroxylation is 1. The van der Waals surface area contributed by atoms with Gasteiger partial charge in [0, 0.05) is 29.8 Å². The molecule has 0 radical (unpaired) electrons. The monoisotopic (exact) mass is 338 g/mol. The lowest BCUT2D eigenvalue weighted by molar-refractivity contribution is 0.407. The minimum atomic E-state index is -0.0460. The summed E-state index contributed by atoms with van der Waals surface area (Å²) in [5.74, 6) is 0.433. The molecule has 0 aliphatic heterocycles. The lowest BCUT2D eigenvalue weighted by Crippen LogP contribution is -2.17. The Morgan fingerprint density at radius 1 is 1.24 bits per heavy atom. The Hall–Kier alpha value is -2.49. The molecule has 2 aromatic rings. The molecule has 3 rings (SSSR count). The summed E-state index contributed by atoms with van der Waals surface area (Å²) in [6, 6.07) is 3.46. The van der Waals surface area contributed by atoms with E-state index in [1.807, 2.05) is 20.9 Å². The minimum absolute atomic E-state index is 0.0460. The topological polar surface area (TPSA) is 58.3 Å². The van der Waals surface area contributed by atoms with Gasteiger partial charge in [0.25, 0.3) is 0 Å². The van der Waals surface area contributed by atoms with Gasteiger partial charge in [-0.3, -0.25) is 4.68 Å². The predicted octanol–water partition coefficient (Wildman–Crippen LogP) is 4.82. The van der Waals surface area contributed by atoms with Crippen molar-refractivity contribution in [1.82, 2.24) is 9.78 Å². The van der Waals surface area contributed by atoms with Gasteiger partial charge in [-0.15, -0.1) is 0 Å². The third-order valence-corrected chi connectivity index (χ3v) is 5.40. The first-order chi connectivity index (χ1) is 11.8. The maximum atomic E-state index is 10.7. The van der Waals surface area contributed by atoms with E-state index in [2.05, 4.69) is 24.7 Å². The van der Waals surface area contributed by atoms with Crippen molar-refractivity contribution in [2.45, 2.75) is 39.5 Å². The molecular weight excluding hydrogens is 312 g/mol. The summed E-state index contributed by atoms with van der Waals surface area (Å²) in [4.78, 5) is 0. The number of allylic oxidation sites excluding steroid dienone is 3. The van der Waals surface area contributed by atoms with Crippen LogP contribution in [0.4, 0.5) is 0 Å². The van der Waals surface area contributed by atoms with E-state index < -0.39 is 0 Å². The molecule has 0 unspecified atom stereocenters. The highest BCUT2D eigenvalue weighted by atomic mass is 16.3. The fourth-order valence-electron chi connectivity index (χ4n) is 3.81. The molecule has 2 N–H and O–H groups in total. The Kier molecular flexibility index (Phi) is 4.46. The molecule has 2 atom stereocenters. The third kappa shape index (κ3) is 3.09. The number of benzene rings is 1. The zero-order chi connectivity index (χ0) is 18.3. The number of hydrogen-bond donors (Lipinski definition) is 2. The molecule has 1 aliphatic carbocycles. The summed E-state index contributed by atoms with van der Waals surface area (Å²) in [7, 11) is 1.87. The first kappa shape index (κ1) is 17.3. The van der Waals surface area contributed by atoms with Crippen molar-refractivity contribution in [2.75, 3.05) is 0 Å². The van der Waals surface area contributed by atoms with Gasteiger partial charge in [-0.25, -0.2) is 0 Å². The van der Waals surface area contributed by atoms with E-state index >= 15 is 0 Å². The van der Waals surface area contributed by atoms with Gasteiger partial charge in [0.1, 0.15) is 11.5 Å². The molecule has 1 aliphatic rings. The fourth-order valence-corrected chi connectivity index (χ4v) is 3.81. The number of aromatic nitrogens is 2. The van der Waals surface area contributed by atoms with Gasteiger partial charge in [0.05, 0.1) is 6.20 Å². The summed E-state index contributed by atoms with van der Waals surface area (Å²) in [6.07, 6.45) is 5.93. The quantitative estimate of drug-likeness (QED) is 0.789. The van der Waals surface area contributed by atoms with E-state index in [1.54, 1.807) is 23.0 Å². The van der Waals surface area contributed by atoms with E-state index in [1.165, 1.54) is 5.57 Å². The highest BCUT2D eigenvalue weighted by molar-refractivity contribution is 5.71. The van der Waals surface area contributed by atoms with Crippen LogP contribution in [-0.2, 0) is 7.05 Å². The molecule has 0 amide bonds. The molecule has 132 valence electrons. The average Bonchev–Trinajstić information content (AvgIpc) is 2.86. The first-order valence-electron chi connectivity index (χ1n) is 8.67. The summed E-state index contributed by atoms with van der Waals surface area (Å²) < 4.78 is 1.78. The predicted molar refractivity (Wildman–Crippen MR) is 101 cm³/mol. The largest absolute Gasteiger partial charge is 0.507 e. The van der Waals surface area contributed by atoms with E-state index in [0.717, 1.165) is 35.2 Å². The number of phenolic OH excluding ortho intramolecular Hbond substituents is 2. The van der Waals surface area contributed by atoms with E-state index in [4.69, 9.17) is 0 Å². The Balaban J connectivity index is 2.10. The molecule has 4 heteroatoms. The van der Waals surface area contributed by atoms with Gasteiger partial charge in [0.2, 0.25) is 0 Å². The van der Waals surface area contributed by atoms with Crippen molar-refractivity contribution < 1.29 is 10.2 Å². The lowest BCUT2D eigenvalue weighted by Gasteiger charge is -2.31. The molecule has 0 saturated heterocycles. The smallest absolute Gasteiger partial charge is 0.123 e. The summed E-state index contributed by atoms with van der Waals surface area (Å²) >= 11 is 0. The highest BCUT2D eigenvalue weighted by Crippen LogP contribution is 2.47. The highest BCUT2D eigenvalue weighted by Gasteiger charge is 2.30. The Morgan fingerprint density at radius 2 is 1.88 bits per heavy atom. The fraction of sp³-hybridized carbons (Fsp3) is 0.381. The molecule has 1 heterocycles. The molecular formula is C21H26N2O2. The van der Waals surface area contributed by atoms with Crippen molar-refractivity contribution >= 4 is 0 Å². The van der Waals surface area contributed by atoms with Crippen LogP contribution in [0.15, 0.2) is 42.1 Å². The summed E-state index contributed by atoms with van der Waals surface area (Å²) in [5.41, 5.74) is 5.63. The first-order valence-corrected chi connectivity index (χ1v) is 8.67. The molecule has 1 aromatic heterocycles. The molecule has 0 saturated carbocycles. The van der Waals surface area contributed by atoms with Crippen molar-refractivity contribution in [2.24, 2.45) is 13.0 Å². The summed E-state index contributed by atoms with van der Waals surface area (Å²) in [6.45, 7) is 10.2. The maximum Gasteiger partial charge on any atom is 0.123 e. The number of phenols is 2. The Labute approximate surface area is 149 Å². The van der Waals surface area contributed by atoms with Gasteiger partial charge in [-0.05, 0) is 57.2 Å². The second-order valence-corrected chi connectivity index (χ2v) is 7.23. The van der Waals surface area contributed by atoms with Crippen molar-refractivity contribution in [1.29, 1.82) is 0 Å². The molecule has 25 heavy (non-hydrogen) atoms. The molecule has 1 aromatic carbocycles. The van der Waals surface area contributed by atoms with Crippen LogP contribution in [0.2, 0.25) is 0 Å². The Bertz CT molecular complexity index is 838. The molecule has 0 spiro atoms. The van der Waals surface area contributed by atoms with Gasteiger partial charge in [0.15, 0.2) is 0 Å². The van der Waals surface area contributed by atoms with Crippen LogP contribution in [0.5, 0.6) is 11.5 Å². The van der Waals surface area contributed by atoms with Gasteiger partial charge in [-0.1, -0.05) is 23.8 Å². The lowest BCUT2D eigenvalue weighted by atomic mass is 9.73. The van der Waals surface area contributed by atoms with Crippen molar-refractivity contribution in [3.05, 3.63) is 53.4 Å². The van der Waals surface area contributed by atoms with E-state index in [9.17, 15) is 10.2 Å². The number of nitrogens with zero attached hydrogens (tertiary/aromatic N) is 2. The van der Waals surface area contributed by atoms with Crippen molar-refractivity contribution in [3.8, 4) is 22.6 Å². The van der Waals surface area contributed by atoms with Gasteiger partial charge in [-0.2, -0.15) is 5.10 Å². The second-order valence-electron chi connectivity index (χ2n) is 7.23. The molecule has 0 bridgehead atoms. The van der Waals surface area contributed by atoms with Crippen LogP contribution in [0.3, 0.4) is 0 Å². The van der Waals surface area contributed by atoms with E-state index in [0.29, 0.717) is 5.56 Å². The summed E-state index contributed by atoms with van der Waals surface area (Å²) in [5, 5.41) is 25.7. The van der Waals surface area contributed by atoms with Crippen LogP contribution in [0.1, 0.15) is 43.9 Å². The maximum absolute atomic E-state index is 10.7. The van der Waals surface area contributed by atoms with Crippen LogP contribution in [-0.4, -0.2) is 20.0 Å². The third-order valence-electron chi connectivity index (χ3n) is 5.40. The second kappa shape index (κ2) is 6.43. The minimum Gasteiger partial charge on any atom is -0.507 e. The number of rotatable bonds is 3. The van der Waals surface area contributed by atoms with Crippen LogP contribution >= 0.6 is 0 Å². The van der Waals surface area contributed by atoms with Crippen LogP contribution in [0.25, 0.3) is 11.1 Å². The average molecular weight is 338 g/mol. The van der Waals surface area contributed by atoms with Crippen LogP contribution < -0.4 is 0 Å². The normalized spacial score (nSPS) is 20.4. The van der Waals surface area contributed by atoms with Gasteiger partial charge >= 0.3 is 0 Å².